The average molecular weight is 877 g/mol. The van der Waals surface area contributed by atoms with Crippen molar-refractivity contribution < 1.29 is 33.4 Å². The van der Waals surface area contributed by atoms with Crippen molar-refractivity contribution in [2.75, 3.05) is 7.11 Å². The number of fused-ring (bicyclic) bond motifs is 4. The van der Waals surface area contributed by atoms with Crippen LogP contribution in [0.1, 0.15) is 43.0 Å². The quantitative estimate of drug-likeness (QED) is 0.0511. The van der Waals surface area contributed by atoms with E-state index in [0.717, 1.165) is 65.9 Å². The number of para-hydroxylation sites is 4. The maximum absolute atomic E-state index is 14.9. The van der Waals surface area contributed by atoms with Crippen molar-refractivity contribution in [1.82, 2.24) is 41.2 Å². The Kier molecular flexibility index (Phi) is 12.7. The smallest absolute Gasteiger partial charge is 0.408 e. The molecule has 8 N–H and O–H groups in total. The maximum atomic E-state index is 14.9. The Hall–Kier alpha value is -7.81. The van der Waals surface area contributed by atoms with E-state index in [4.69, 9.17) is 9.47 Å². The highest BCUT2D eigenvalue weighted by molar-refractivity contribution is 5.97. The third kappa shape index (κ3) is 10.2. The molecule has 4 heterocycles. The standard InChI is InChI=1S/C50H52N8O7/c1-50(2,3)65-49(63)58-43(23-31-27-53-39-19-11-7-15-35(31)39)47(61)56-41(21-29-25-51-37-17-9-5-13-33(29)37)45(59)55-42(22-30-26-52-38-18-10-6-14-34(30)38)46(60)57-44(48(62)64-4)24-32-28-54-40-20-12-8-16-36(32)40/h5-20,25-28,41-44,51-54H,21-24H2,1-4H3,(H,55,59)(H,56,61)(H,57,60)(H,58,63)/t41-,42+,43+,44+/m1/s1. The predicted octanol–water partition coefficient (Wildman–Crippen LogP) is 6.40. The molecule has 0 unspecified atom stereocenters. The molecule has 0 aliphatic heterocycles. The molecule has 4 aromatic carbocycles. The number of methoxy groups -OCH3 is 1. The summed E-state index contributed by atoms with van der Waals surface area (Å²) in [7, 11) is 1.25. The van der Waals surface area contributed by atoms with Gasteiger partial charge in [-0.25, -0.2) is 9.59 Å². The van der Waals surface area contributed by atoms with Crippen molar-refractivity contribution in [3.8, 4) is 0 Å². The van der Waals surface area contributed by atoms with E-state index in [2.05, 4.69) is 41.2 Å². The molecule has 4 amide bonds. The Morgan fingerprint density at radius 1 is 0.462 bits per heavy atom. The SMILES string of the molecule is COC(=O)[C@H](Cc1c[nH]c2ccccc12)NC(=O)[C@H](Cc1c[nH]c2ccccc12)NC(=O)[C@@H](Cc1c[nH]c2ccccc12)NC(=O)[C@H](Cc1c[nH]c2ccccc12)NC(=O)OC(C)(C)C. The first-order chi connectivity index (χ1) is 31.3. The van der Waals surface area contributed by atoms with Crippen LogP contribution in [0.3, 0.4) is 0 Å². The van der Waals surface area contributed by atoms with Gasteiger partial charge in [0.05, 0.1) is 7.11 Å². The van der Waals surface area contributed by atoms with Gasteiger partial charge in [-0.3, -0.25) is 14.4 Å². The Balaban J connectivity index is 1.12. The molecule has 4 atom stereocenters. The van der Waals surface area contributed by atoms with E-state index in [1.165, 1.54) is 7.11 Å². The van der Waals surface area contributed by atoms with Crippen LogP contribution in [0.5, 0.6) is 0 Å². The fourth-order valence-corrected chi connectivity index (χ4v) is 8.31. The van der Waals surface area contributed by atoms with E-state index in [9.17, 15) is 24.0 Å². The van der Waals surface area contributed by atoms with E-state index in [-0.39, 0.29) is 25.7 Å². The molecule has 0 spiro atoms. The number of rotatable bonds is 16. The molecule has 334 valence electrons. The van der Waals surface area contributed by atoms with Gasteiger partial charge in [0.1, 0.15) is 29.8 Å². The second-order valence-electron chi connectivity index (χ2n) is 17.2. The molecule has 8 rings (SSSR count). The first-order valence-corrected chi connectivity index (χ1v) is 21.5. The summed E-state index contributed by atoms with van der Waals surface area (Å²) in [6.45, 7) is 5.17. The molecule has 4 aromatic heterocycles. The summed E-state index contributed by atoms with van der Waals surface area (Å²) < 4.78 is 10.7. The monoisotopic (exact) mass is 876 g/mol. The molecule has 65 heavy (non-hydrogen) atoms. The molecule has 15 nitrogen and oxygen atoms in total. The molecule has 0 radical (unpaired) electrons. The molecule has 0 bridgehead atoms. The summed E-state index contributed by atoms with van der Waals surface area (Å²) in [6.07, 6.45) is 6.54. The van der Waals surface area contributed by atoms with Gasteiger partial charge in [0.15, 0.2) is 0 Å². The van der Waals surface area contributed by atoms with Gasteiger partial charge in [-0.2, -0.15) is 0 Å². The van der Waals surface area contributed by atoms with Gasteiger partial charge in [0.25, 0.3) is 0 Å². The molecule has 15 heteroatoms. The number of amides is 4. The van der Waals surface area contributed by atoms with Crippen molar-refractivity contribution in [2.45, 2.75) is 76.2 Å². The van der Waals surface area contributed by atoms with Crippen molar-refractivity contribution >= 4 is 73.4 Å². The molecule has 0 saturated carbocycles. The predicted molar refractivity (Wildman–Crippen MR) is 249 cm³/mol. The highest BCUT2D eigenvalue weighted by atomic mass is 16.6. The third-order valence-corrected chi connectivity index (χ3v) is 11.5. The van der Waals surface area contributed by atoms with Crippen LogP contribution in [0.4, 0.5) is 4.79 Å². The fourth-order valence-electron chi connectivity index (χ4n) is 8.31. The first-order valence-electron chi connectivity index (χ1n) is 21.5. The number of nitrogens with one attached hydrogen (secondary N) is 8. The van der Waals surface area contributed by atoms with Gasteiger partial charge in [-0.15, -0.1) is 0 Å². The van der Waals surface area contributed by atoms with Crippen molar-refractivity contribution in [1.29, 1.82) is 0 Å². The molecular weight excluding hydrogens is 825 g/mol. The topological polar surface area (TPSA) is 215 Å². The lowest BCUT2D eigenvalue weighted by Gasteiger charge is -2.27. The van der Waals surface area contributed by atoms with E-state index >= 15 is 0 Å². The summed E-state index contributed by atoms with van der Waals surface area (Å²) in [6, 6.07) is 25.6. The van der Waals surface area contributed by atoms with E-state index in [0.29, 0.717) is 0 Å². The van der Waals surface area contributed by atoms with Crippen molar-refractivity contribution in [2.24, 2.45) is 0 Å². The fraction of sp³-hybridized carbons (Fsp3) is 0.260. The Labute approximate surface area is 374 Å². The Bertz CT molecular complexity index is 3010. The number of benzene rings is 4. The molecule has 0 saturated heterocycles. The number of carbonyl (C=O) groups excluding carboxylic acids is 5. The zero-order chi connectivity index (χ0) is 45.7. The van der Waals surface area contributed by atoms with Gasteiger partial charge < -0.3 is 50.7 Å². The lowest BCUT2D eigenvalue weighted by atomic mass is 10.00. The second-order valence-corrected chi connectivity index (χ2v) is 17.2. The molecular formula is C50H52N8O7. The summed E-state index contributed by atoms with van der Waals surface area (Å²) in [5.41, 5.74) is 5.56. The van der Waals surface area contributed by atoms with Crippen molar-refractivity contribution in [3.05, 3.63) is 144 Å². The first kappa shape index (κ1) is 43.8. The number of ether oxygens (including phenoxy) is 2. The van der Waals surface area contributed by atoms with E-state index in [1.54, 1.807) is 45.6 Å². The number of aromatic amines is 4. The summed E-state index contributed by atoms with van der Waals surface area (Å²) in [4.78, 5) is 83.7. The minimum absolute atomic E-state index is 0.0145. The van der Waals surface area contributed by atoms with Gasteiger partial charge in [-0.05, 0) is 67.3 Å². The van der Waals surface area contributed by atoms with Gasteiger partial charge in [-0.1, -0.05) is 72.8 Å². The minimum atomic E-state index is -1.26. The van der Waals surface area contributed by atoms with Crippen LogP contribution in [0.2, 0.25) is 0 Å². The number of alkyl carbamates (subject to hydrolysis) is 1. The van der Waals surface area contributed by atoms with E-state index < -0.39 is 59.6 Å². The van der Waals surface area contributed by atoms with Crippen LogP contribution in [-0.2, 0) is 54.3 Å². The van der Waals surface area contributed by atoms with Gasteiger partial charge in [0.2, 0.25) is 17.7 Å². The largest absolute Gasteiger partial charge is 0.467 e. The van der Waals surface area contributed by atoms with Crippen LogP contribution < -0.4 is 21.3 Å². The summed E-state index contributed by atoms with van der Waals surface area (Å²) in [5.74, 6) is -2.62. The van der Waals surface area contributed by atoms with Crippen LogP contribution in [-0.4, -0.2) is 86.6 Å². The van der Waals surface area contributed by atoms with E-state index in [1.807, 2.05) is 97.1 Å². The highest BCUT2D eigenvalue weighted by Gasteiger charge is 2.34. The van der Waals surface area contributed by atoms with Crippen LogP contribution in [0.15, 0.2) is 122 Å². The Morgan fingerprint density at radius 2 is 0.754 bits per heavy atom. The molecule has 0 fully saturated rings. The average Bonchev–Trinajstić information content (AvgIpc) is 4.10. The Morgan fingerprint density at radius 3 is 1.08 bits per heavy atom. The molecule has 8 aromatic rings. The normalized spacial score (nSPS) is 13.5. The van der Waals surface area contributed by atoms with Crippen LogP contribution in [0.25, 0.3) is 43.6 Å². The number of aromatic nitrogens is 4. The lowest BCUT2D eigenvalue weighted by Crippen LogP contribution is -2.59. The van der Waals surface area contributed by atoms with Crippen LogP contribution in [0, 0.1) is 0 Å². The van der Waals surface area contributed by atoms with Crippen molar-refractivity contribution in [3.63, 3.8) is 0 Å². The summed E-state index contributed by atoms with van der Waals surface area (Å²) in [5, 5.41) is 14.9. The number of carbonyl (C=O) groups is 5. The highest BCUT2D eigenvalue weighted by Crippen LogP contribution is 2.24. The zero-order valence-electron chi connectivity index (χ0n) is 36.5. The summed E-state index contributed by atoms with van der Waals surface area (Å²) >= 11 is 0. The zero-order valence-corrected chi connectivity index (χ0v) is 36.5. The third-order valence-electron chi connectivity index (χ3n) is 11.5. The van der Waals surface area contributed by atoms with Crippen LogP contribution >= 0.6 is 0 Å². The van der Waals surface area contributed by atoms with Gasteiger partial charge in [0, 0.05) is 94.1 Å². The molecule has 0 aliphatic carbocycles. The number of hydrogen-bond donors (Lipinski definition) is 8. The number of H-pyrrole nitrogens is 4. The molecule has 0 aliphatic rings. The maximum Gasteiger partial charge on any atom is 0.408 e. The number of esters is 1. The number of hydrogen-bond acceptors (Lipinski definition) is 7. The lowest BCUT2D eigenvalue weighted by molar-refractivity contribution is -0.145. The van der Waals surface area contributed by atoms with Gasteiger partial charge >= 0.3 is 12.1 Å². The second kappa shape index (κ2) is 18.9. The minimum Gasteiger partial charge on any atom is -0.467 e.